The van der Waals surface area contributed by atoms with Crippen molar-refractivity contribution in [2.45, 2.75) is 12.0 Å². The maximum Gasteiger partial charge on any atom is 0.0715 e. The Bertz CT molecular complexity index is 6850. The fourth-order valence-electron chi connectivity index (χ4n) is 18.5. The zero-order valence-corrected chi connectivity index (χ0v) is 51.9. The molecule has 2 atom stereocenters. The highest BCUT2D eigenvalue weighted by molar-refractivity contribution is 6.27. The molecule has 23 rings (SSSR count). The monoisotopic (exact) mass is 1220 g/mol. The topological polar surface area (TPSA) is 24.6 Å². The van der Waals surface area contributed by atoms with Gasteiger partial charge in [0.25, 0.3) is 0 Å². The van der Waals surface area contributed by atoms with Crippen molar-refractivity contribution in [1.82, 2.24) is 17.8 Å². The summed E-state index contributed by atoms with van der Waals surface area (Å²) in [5, 5.41) is 18.9. The lowest BCUT2D eigenvalue weighted by atomic mass is 9.74. The van der Waals surface area contributed by atoms with Gasteiger partial charge in [0, 0.05) is 121 Å². The summed E-state index contributed by atoms with van der Waals surface area (Å²) in [5.74, 6) is -0.0212. The maximum absolute atomic E-state index is 2.76. The zero-order valence-electron chi connectivity index (χ0n) is 51.9. The molecule has 6 nitrogen and oxygen atoms in total. The number of rotatable bonds is 8. The number of nitrogens with zero attached hydrogens (tertiary/aromatic N) is 6. The first kappa shape index (κ1) is 50.9. The molecule has 0 amide bonds. The van der Waals surface area contributed by atoms with E-state index in [0.29, 0.717) is 0 Å². The van der Waals surface area contributed by atoms with E-state index in [0.717, 1.165) is 34.1 Å². The van der Waals surface area contributed by atoms with Gasteiger partial charge in [-0.1, -0.05) is 206 Å². The third-order valence-corrected chi connectivity index (χ3v) is 22.0. The molecule has 2 unspecified atom stereocenters. The van der Waals surface area contributed by atoms with E-state index >= 15 is 0 Å². The van der Waals surface area contributed by atoms with E-state index in [1.54, 1.807) is 0 Å². The van der Waals surface area contributed by atoms with Crippen LogP contribution in [0.3, 0.4) is 0 Å². The summed E-state index contributed by atoms with van der Waals surface area (Å²) in [5.41, 5.74) is 25.7. The minimum absolute atomic E-state index is 0.0212. The average molecular weight is 1220 g/mol. The summed E-state index contributed by atoms with van der Waals surface area (Å²) in [7, 11) is 0. The predicted octanol–water partition coefficient (Wildman–Crippen LogP) is 21.8. The lowest BCUT2D eigenvalue weighted by Crippen LogP contribution is -2.40. The van der Waals surface area contributed by atoms with Crippen LogP contribution in [0.15, 0.2) is 315 Å². The summed E-state index contributed by atoms with van der Waals surface area (Å²) in [6, 6.07) is 119. The van der Waals surface area contributed by atoms with Crippen LogP contribution in [0.5, 0.6) is 0 Å². The Morgan fingerprint density at radius 2 is 0.594 bits per heavy atom. The second-order valence-corrected chi connectivity index (χ2v) is 26.6. The number of anilines is 6. The van der Waals surface area contributed by atoms with E-state index < -0.39 is 0 Å². The highest BCUT2D eigenvalue weighted by atomic mass is 15.2. The smallest absolute Gasteiger partial charge is 0.0715 e. The molecule has 2 aliphatic rings. The van der Waals surface area contributed by atoms with Crippen LogP contribution in [0.4, 0.5) is 34.1 Å². The Kier molecular flexibility index (Phi) is 9.85. The molecule has 0 saturated carbocycles. The molecule has 14 aromatic carbocycles. The highest BCUT2D eigenvalue weighted by Crippen LogP contribution is 2.58. The molecule has 8 heterocycles. The van der Waals surface area contributed by atoms with Crippen molar-refractivity contribution in [2.75, 3.05) is 9.80 Å². The second-order valence-electron chi connectivity index (χ2n) is 26.6. The molecular formula is C90H54N6. The summed E-state index contributed by atoms with van der Waals surface area (Å²) in [4.78, 5) is 4.96. The highest BCUT2D eigenvalue weighted by Gasteiger charge is 2.45. The Morgan fingerprint density at radius 3 is 1.09 bits per heavy atom. The van der Waals surface area contributed by atoms with Crippen molar-refractivity contribution in [3.63, 3.8) is 0 Å². The molecule has 6 heteroatoms. The van der Waals surface area contributed by atoms with Crippen LogP contribution in [0.25, 0.3) is 136 Å². The lowest BCUT2D eigenvalue weighted by molar-refractivity contribution is 0.636. The van der Waals surface area contributed by atoms with Gasteiger partial charge in [-0.25, -0.2) is 0 Å². The average Bonchev–Trinajstić information content (AvgIpc) is 1.50. The molecule has 96 heavy (non-hydrogen) atoms. The normalized spacial score (nSPS) is 14.8. The first-order valence-corrected chi connectivity index (χ1v) is 33.5. The Labute approximate surface area is 549 Å². The van der Waals surface area contributed by atoms with Crippen LogP contribution in [0.1, 0.15) is 28.7 Å². The molecule has 0 radical (unpaired) electrons. The van der Waals surface area contributed by atoms with Crippen LogP contribution in [0.2, 0.25) is 0 Å². The van der Waals surface area contributed by atoms with Crippen molar-refractivity contribution >= 4 is 170 Å². The zero-order chi connectivity index (χ0) is 62.2. The summed E-state index contributed by atoms with van der Waals surface area (Å²) < 4.78 is 10.4. The molecule has 21 aromatic rings. The lowest BCUT2D eigenvalue weighted by Gasteiger charge is -2.32. The maximum atomic E-state index is 2.76. The molecule has 0 bridgehead atoms. The minimum atomic E-state index is -0.0739. The molecule has 0 fully saturated rings. The molecule has 7 aromatic heterocycles. The number of benzene rings is 14. The van der Waals surface area contributed by atoms with Crippen LogP contribution in [0, 0.1) is 0 Å². The minimum Gasteiger partial charge on any atom is -0.332 e. The van der Waals surface area contributed by atoms with Gasteiger partial charge in [-0.05, 0) is 137 Å². The van der Waals surface area contributed by atoms with Crippen molar-refractivity contribution in [2.24, 2.45) is 0 Å². The van der Waals surface area contributed by atoms with Gasteiger partial charge < -0.3 is 27.6 Å². The fourth-order valence-corrected chi connectivity index (χ4v) is 18.5. The van der Waals surface area contributed by atoms with Crippen molar-refractivity contribution in [1.29, 1.82) is 0 Å². The molecule has 1 aliphatic heterocycles. The van der Waals surface area contributed by atoms with Gasteiger partial charge in [-0.2, -0.15) is 0 Å². The third-order valence-electron chi connectivity index (χ3n) is 22.0. The molecule has 0 N–H and O–H groups in total. The van der Waals surface area contributed by atoms with Gasteiger partial charge >= 0.3 is 0 Å². The largest absolute Gasteiger partial charge is 0.332 e. The van der Waals surface area contributed by atoms with Crippen LogP contribution in [-0.2, 0) is 0 Å². The molecule has 0 saturated heterocycles. The fraction of sp³-hybridized carbons (Fsp3) is 0.0222. The van der Waals surface area contributed by atoms with Gasteiger partial charge in [-0.3, -0.25) is 0 Å². The van der Waals surface area contributed by atoms with Crippen molar-refractivity contribution < 1.29 is 0 Å². The van der Waals surface area contributed by atoms with Gasteiger partial charge in [0.15, 0.2) is 0 Å². The molecule has 1 aliphatic carbocycles. The first-order valence-electron chi connectivity index (χ1n) is 33.5. The Hall–Kier alpha value is -12.6. The number of hydrogen-bond acceptors (Lipinski definition) is 2. The summed E-state index contributed by atoms with van der Waals surface area (Å²) in [6.45, 7) is 0. The number of aromatic nitrogens is 4. The number of hydrogen-bond donors (Lipinski definition) is 0. The van der Waals surface area contributed by atoms with E-state index in [-0.39, 0.29) is 12.0 Å². The Morgan fingerprint density at radius 1 is 0.229 bits per heavy atom. The number of fused-ring (bicyclic) bond motifs is 24. The van der Waals surface area contributed by atoms with Gasteiger partial charge in [0.1, 0.15) is 0 Å². The quantitative estimate of drug-likeness (QED) is 0.151. The SMILES string of the molecule is c1ccc(C2=c3c(n4c5ccc(N(c6ccccc6)c6cc7c8ccccc8n8c9ccccc9c(c6)c78)cc5c5cccc3c54)=C(c3ccccc3)C3c4cccc5c6cc(N(c7ccccc7)c7cc8c9ccccc9n9c%10ccccc%10c(c7)c89)ccc6n(c45)C23)cc1. The molecule has 444 valence electrons. The van der Waals surface area contributed by atoms with E-state index in [2.05, 4.69) is 343 Å². The van der Waals surface area contributed by atoms with Gasteiger partial charge in [0.05, 0.1) is 61.0 Å². The van der Waals surface area contributed by atoms with Crippen LogP contribution in [-0.4, -0.2) is 17.8 Å². The van der Waals surface area contributed by atoms with Crippen LogP contribution >= 0.6 is 0 Å². The van der Waals surface area contributed by atoms with Gasteiger partial charge in [-0.15, -0.1) is 0 Å². The second kappa shape index (κ2) is 18.6. The van der Waals surface area contributed by atoms with E-state index in [1.165, 1.54) is 164 Å². The predicted molar refractivity (Wildman–Crippen MR) is 401 cm³/mol. The third kappa shape index (κ3) is 6.45. The number of para-hydroxylation sites is 8. The Balaban J connectivity index is 0.768. The first-order chi connectivity index (χ1) is 47.7. The van der Waals surface area contributed by atoms with E-state index in [1.807, 2.05) is 0 Å². The summed E-state index contributed by atoms with van der Waals surface area (Å²) in [6.07, 6.45) is 0. The van der Waals surface area contributed by atoms with Gasteiger partial charge in [0.2, 0.25) is 0 Å². The molecule has 0 spiro atoms. The van der Waals surface area contributed by atoms with E-state index in [4.69, 9.17) is 0 Å². The standard InChI is InChI=1S/C90H54N6/c1-5-23-53(24-6-1)81-83-67-37-21-35-65-70-48-58(92(56-29-11-4-12-30-56)60-51-73-63-33-15-19-41-77(63)94-78-42-20-16-34-64(78)74(52-60)88(73)94)44-46-80(70)96(85(65)67)90(83)82(54-25-7-2-8-26-54)84-68-38-22-36-66-69-47-57(43-45-79(69)95(86(66)68)89(81)84)91(55-27-9-3-10-28-55)59-49-71-61-31-13-17-39-75(61)93-76-40-18-14-32-62(76)72(50-59)87(71)93/h1-52,83,90H. The molecular weight excluding hydrogens is 1170 g/mol. The summed E-state index contributed by atoms with van der Waals surface area (Å²) >= 11 is 0. The van der Waals surface area contributed by atoms with E-state index in [9.17, 15) is 0 Å². The van der Waals surface area contributed by atoms with Crippen molar-refractivity contribution in [3.05, 3.63) is 343 Å². The van der Waals surface area contributed by atoms with Crippen LogP contribution < -0.4 is 20.4 Å². The van der Waals surface area contributed by atoms with Crippen molar-refractivity contribution in [3.8, 4) is 0 Å².